The minimum atomic E-state index is -3.65. The van der Waals surface area contributed by atoms with Gasteiger partial charge >= 0.3 is 5.92 Å². The summed E-state index contributed by atoms with van der Waals surface area (Å²) in [5.41, 5.74) is 1.00. The number of aromatic nitrogens is 2. The van der Waals surface area contributed by atoms with E-state index >= 15 is 13.2 Å². The molecule has 1 aliphatic carbocycles. The number of hydrogen-bond acceptors (Lipinski definition) is 14. The summed E-state index contributed by atoms with van der Waals surface area (Å²) in [4.78, 5) is 109. The Labute approximate surface area is 389 Å². The van der Waals surface area contributed by atoms with Gasteiger partial charge in [-0.2, -0.15) is 13.8 Å². The van der Waals surface area contributed by atoms with E-state index < -0.39 is 65.8 Å². The van der Waals surface area contributed by atoms with Crippen molar-refractivity contribution in [1.82, 2.24) is 35.3 Å². The second-order valence-electron chi connectivity index (χ2n) is 18.1. The molecule has 0 bridgehead atoms. The quantitative estimate of drug-likeness (QED) is 0.223. The summed E-state index contributed by atoms with van der Waals surface area (Å²) >= 11 is 0. The number of piperidine rings is 1. The van der Waals surface area contributed by atoms with Crippen LogP contribution in [0.15, 0.2) is 36.5 Å². The third kappa shape index (κ3) is 8.88. The Morgan fingerprint density at radius 1 is 0.956 bits per heavy atom. The minimum absolute atomic E-state index is 0.0380. The lowest BCUT2D eigenvalue weighted by Gasteiger charge is -2.36. The first-order chi connectivity index (χ1) is 32.6. The Morgan fingerprint density at radius 2 is 1.72 bits per heavy atom. The van der Waals surface area contributed by atoms with Gasteiger partial charge in [0.15, 0.2) is 5.82 Å². The van der Waals surface area contributed by atoms with E-state index in [0.717, 1.165) is 28.7 Å². The number of carbonyl (C=O) groups is 7. The Kier molecular flexibility index (Phi) is 12.7. The summed E-state index contributed by atoms with van der Waals surface area (Å²) in [6.07, 6.45) is 5.77. The number of anilines is 5. The Morgan fingerprint density at radius 3 is 2.46 bits per heavy atom. The minimum Gasteiger partial charge on any atom is -0.495 e. The molecule has 0 spiro atoms. The first-order valence-electron chi connectivity index (χ1n) is 23.0. The molecule has 4 fully saturated rings. The number of halogens is 3. The maximum atomic E-state index is 15.7. The van der Waals surface area contributed by atoms with Crippen molar-refractivity contribution >= 4 is 70.2 Å². The molecule has 1 aromatic heterocycles. The normalized spacial score (nSPS) is 22.1. The van der Waals surface area contributed by atoms with Crippen molar-refractivity contribution in [3.8, 4) is 5.75 Å². The van der Waals surface area contributed by atoms with Crippen LogP contribution in [0, 0.1) is 5.82 Å². The number of nitrogens with zero attached hydrogens (tertiary/aromatic N) is 8. The number of rotatable bonds is 12. The van der Waals surface area contributed by atoms with E-state index in [1.807, 2.05) is 4.90 Å². The third-order valence-electron chi connectivity index (χ3n) is 13.8. The van der Waals surface area contributed by atoms with E-state index in [1.165, 1.54) is 31.3 Å². The van der Waals surface area contributed by atoms with Gasteiger partial charge in [-0.3, -0.25) is 48.7 Å². The number of likely N-dealkylation sites (tertiary alicyclic amines) is 1. The van der Waals surface area contributed by atoms with E-state index in [9.17, 15) is 33.6 Å². The van der Waals surface area contributed by atoms with E-state index in [-0.39, 0.29) is 83.3 Å². The fourth-order valence-electron chi connectivity index (χ4n) is 10.2. The first-order valence-corrected chi connectivity index (χ1v) is 23.0. The highest BCUT2D eigenvalue weighted by Gasteiger charge is 2.49. The van der Waals surface area contributed by atoms with Gasteiger partial charge in [0, 0.05) is 77.3 Å². The summed E-state index contributed by atoms with van der Waals surface area (Å²) in [7, 11) is 2.59. The molecular weight excluding hydrogens is 892 g/mol. The van der Waals surface area contributed by atoms with Gasteiger partial charge in [0.1, 0.15) is 23.3 Å². The molecule has 0 radical (unpaired) electrons. The van der Waals surface area contributed by atoms with Gasteiger partial charge in [-0.25, -0.2) is 9.37 Å². The number of methoxy groups -OCH3 is 1. The van der Waals surface area contributed by atoms with E-state index in [2.05, 4.69) is 30.8 Å². The largest absolute Gasteiger partial charge is 0.495 e. The van der Waals surface area contributed by atoms with Crippen molar-refractivity contribution in [2.75, 3.05) is 86.5 Å². The predicted octanol–water partition coefficient (Wildman–Crippen LogP) is 3.06. The van der Waals surface area contributed by atoms with Crippen LogP contribution in [-0.2, 0) is 19.2 Å². The Hall–Kier alpha value is -6.84. The highest BCUT2D eigenvalue weighted by molar-refractivity contribution is 6.25. The topological polar surface area (TPSA) is 210 Å². The van der Waals surface area contributed by atoms with E-state index in [0.29, 0.717) is 70.6 Å². The van der Waals surface area contributed by atoms with Gasteiger partial charge in [0.2, 0.25) is 23.7 Å². The number of hydrogen-bond donors (Lipinski definition) is 3. The molecule has 1 saturated carbocycles. The average Bonchev–Trinajstić information content (AvgIpc) is 4.08. The van der Waals surface area contributed by atoms with E-state index in [1.54, 1.807) is 23.1 Å². The molecule has 9 rings (SSSR count). The van der Waals surface area contributed by atoms with Crippen molar-refractivity contribution in [3.63, 3.8) is 0 Å². The molecule has 22 heteroatoms. The monoisotopic (exact) mass is 943 g/mol. The summed E-state index contributed by atoms with van der Waals surface area (Å²) in [6, 6.07) is 5.65. The Bertz CT molecular complexity index is 2570. The molecule has 5 aliphatic heterocycles. The highest BCUT2D eigenvalue weighted by atomic mass is 19.3. The van der Waals surface area contributed by atoms with Gasteiger partial charge in [-0.1, -0.05) is 18.9 Å². The number of benzene rings is 2. The molecular formula is C46H52F3N11O8. The second-order valence-corrected chi connectivity index (χ2v) is 18.1. The van der Waals surface area contributed by atoms with Crippen molar-refractivity contribution in [2.24, 2.45) is 0 Å². The number of piperazine rings is 1. The first kappa shape index (κ1) is 46.3. The molecule has 6 heterocycles. The Balaban J connectivity index is 0.756. The predicted molar refractivity (Wildman–Crippen MR) is 240 cm³/mol. The number of fused-ring (bicyclic) bond motifs is 2. The fraction of sp³-hybridized carbons (Fsp3) is 0.500. The number of nitrogens with one attached hydrogen (secondary N) is 3. The van der Waals surface area contributed by atoms with Crippen LogP contribution >= 0.6 is 0 Å². The SMILES string of the molecule is COc1cc(C(=O)N[C@@H]2CCN(C(=O)CCCN3CCN(c4cccc5c4C(=O)N(C4CCC(=O)NC4=O)C5=O)CC3)C2)c(F)cc1Nc1ncc2c(n1)N(C1CCCC1)CC(F)(F)C(=O)N2C. The highest BCUT2D eigenvalue weighted by Crippen LogP contribution is 2.41. The molecule has 2 aromatic carbocycles. The molecule has 3 aromatic rings. The molecule has 1 unspecified atom stereocenters. The molecule has 6 aliphatic rings. The van der Waals surface area contributed by atoms with Crippen LogP contribution in [0.4, 0.5) is 42.0 Å². The van der Waals surface area contributed by atoms with Gasteiger partial charge in [-0.15, -0.1) is 0 Å². The van der Waals surface area contributed by atoms with Crippen molar-refractivity contribution in [1.29, 1.82) is 0 Å². The standard InChI is InChI=1S/C46H52F3N11O8/c1-55-34-23-50-45(54-39(34)59(27-7-3-4-8-27)25-46(48,49)44(55)67)52-31-22-30(47)29(21-35(31)68-2)40(63)51-26-14-16-58(24-26)37(62)11-6-15-56-17-19-57(20-18-56)32-10-5-9-28-38(32)43(66)60(42(28)65)33-12-13-36(61)53-41(33)64/h5,9-10,21-23,26-27,33H,3-4,6-8,11-20,24-25H2,1-2H3,(H,51,63)(H,50,52,54)(H,53,61,64)/t26-,33?/m1/s1. The van der Waals surface area contributed by atoms with Crippen molar-refractivity contribution in [3.05, 3.63) is 59.0 Å². The average molecular weight is 944 g/mol. The van der Waals surface area contributed by atoms with Crippen LogP contribution in [-0.4, -0.2) is 157 Å². The fourth-order valence-corrected chi connectivity index (χ4v) is 10.2. The van der Waals surface area contributed by atoms with Crippen LogP contribution < -0.4 is 35.4 Å². The van der Waals surface area contributed by atoms with Crippen LogP contribution in [0.25, 0.3) is 0 Å². The molecule has 2 atom stereocenters. The summed E-state index contributed by atoms with van der Waals surface area (Å²) < 4.78 is 51.3. The van der Waals surface area contributed by atoms with Crippen LogP contribution in [0.5, 0.6) is 5.75 Å². The molecule has 68 heavy (non-hydrogen) atoms. The summed E-state index contributed by atoms with van der Waals surface area (Å²) in [5.74, 6) is -8.68. The molecule has 3 N–H and O–H groups in total. The van der Waals surface area contributed by atoms with Crippen LogP contribution in [0.3, 0.4) is 0 Å². The smallest absolute Gasteiger partial charge is 0.342 e. The number of carbonyl (C=O) groups excluding carboxylic acids is 7. The lowest BCUT2D eigenvalue weighted by molar-refractivity contribution is -0.140. The maximum absolute atomic E-state index is 15.7. The molecule has 360 valence electrons. The number of amides is 7. The van der Waals surface area contributed by atoms with Gasteiger partial charge in [0.25, 0.3) is 23.6 Å². The summed E-state index contributed by atoms with van der Waals surface area (Å²) in [5, 5.41) is 7.95. The zero-order valence-corrected chi connectivity index (χ0v) is 37.7. The van der Waals surface area contributed by atoms with Gasteiger partial charge < -0.3 is 35.0 Å². The van der Waals surface area contributed by atoms with Crippen molar-refractivity contribution in [2.45, 2.75) is 81.8 Å². The van der Waals surface area contributed by atoms with E-state index in [4.69, 9.17) is 4.74 Å². The van der Waals surface area contributed by atoms with Crippen molar-refractivity contribution < 1.29 is 51.5 Å². The molecule has 3 saturated heterocycles. The zero-order chi connectivity index (χ0) is 48.0. The third-order valence-corrected chi connectivity index (χ3v) is 13.8. The van der Waals surface area contributed by atoms with Gasteiger partial charge in [0.05, 0.1) is 47.9 Å². The number of imide groups is 2. The molecule has 7 amide bonds. The maximum Gasteiger partial charge on any atom is 0.342 e. The van der Waals surface area contributed by atoms with Crippen LogP contribution in [0.1, 0.15) is 88.9 Å². The number of ether oxygens (including phenoxy) is 1. The summed E-state index contributed by atoms with van der Waals surface area (Å²) in [6.45, 7) is 2.93. The lowest BCUT2D eigenvalue weighted by atomic mass is 10.0. The lowest BCUT2D eigenvalue weighted by Crippen LogP contribution is -2.54. The number of alkyl halides is 2. The van der Waals surface area contributed by atoms with Gasteiger partial charge in [-0.05, 0) is 56.8 Å². The van der Waals surface area contributed by atoms with Crippen LogP contribution in [0.2, 0.25) is 0 Å². The second kappa shape index (κ2) is 18.7. The zero-order valence-electron chi connectivity index (χ0n) is 37.7. The molecule has 19 nitrogen and oxygen atoms in total.